The lowest BCUT2D eigenvalue weighted by Crippen LogP contribution is -2.01. The summed E-state index contributed by atoms with van der Waals surface area (Å²) in [6, 6.07) is 9.50. The molecule has 0 aliphatic rings. The van der Waals surface area contributed by atoms with E-state index in [1.54, 1.807) is 6.20 Å². The van der Waals surface area contributed by atoms with Gasteiger partial charge in [0.15, 0.2) is 0 Å². The Morgan fingerprint density at radius 3 is 2.53 bits per heavy atom. The average molecular weight is 357 g/mol. The lowest BCUT2D eigenvalue weighted by molar-refractivity contribution is 0.219. The van der Waals surface area contributed by atoms with Crippen LogP contribution in [0.1, 0.15) is 22.9 Å². The van der Waals surface area contributed by atoms with Crippen molar-refractivity contribution in [2.45, 2.75) is 13.0 Å². The molecule has 2 rings (SSSR count). The van der Waals surface area contributed by atoms with Crippen LogP contribution in [0.15, 0.2) is 45.5 Å². The van der Waals surface area contributed by atoms with Crippen LogP contribution in [0.25, 0.3) is 0 Å². The summed E-state index contributed by atoms with van der Waals surface area (Å²) in [7, 11) is 0. The zero-order valence-electron chi connectivity index (χ0n) is 9.19. The van der Waals surface area contributed by atoms with Crippen LogP contribution in [0.3, 0.4) is 0 Å². The van der Waals surface area contributed by atoms with Crippen molar-refractivity contribution in [3.8, 4) is 0 Å². The fourth-order valence-corrected chi connectivity index (χ4v) is 2.81. The number of aromatic nitrogens is 1. The topological polar surface area (TPSA) is 33.1 Å². The monoisotopic (exact) mass is 355 g/mol. The van der Waals surface area contributed by atoms with Gasteiger partial charge in [0.2, 0.25) is 0 Å². The third-order valence-electron chi connectivity index (χ3n) is 2.51. The van der Waals surface area contributed by atoms with Crippen molar-refractivity contribution in [1.29, 1.82) is 0 Å². The molecule has 0 radical (unpaired) electrons. The highest BCUT2D eigenvalue weighted by atomic mass is 79.9. The highest BCUT2D eigenvalue weighted by Gasteiger charge is 2.13. The second-order valence-corrected chi connectivity index (χ2v) is 5.57. The molecule has 0 fully saturated rings. The van der Waals surface area contributed by atoms with Gasteiger partial charge >= 0.3 is 0 Å². The molecule has 2 aromatic rings. The highest BCUT2D eigenvalue weighted by Crippen LogP contribution is 2.30. The van der Waals surface area contributed by atoms with Crippen molar-refractivity contribution in [2.24, 2.45) is 0 Å². The predicted molar refractivity (Wildman–Crippen MR) is 74.9 cm³/mol. The summed E-state index contributed by atoms with van der Waals surface area (Å²) < 4.78 is 1.85. The number of pyridine rings is 1. The van der Waals surface area contributed by atoms with Crippen LogP contribution in [-0.4, -0.2) is 10.1 Å². The van der Waals surface area contributed by atoms with E-state index in [1.807, 2.05) is 37.3 Å². The molecule has 1 heterocycles. The molecular formula is C13H11Br2NO. The van der Waals surface area contributed by atoms with Crippen LogP contribution in [0.2, 0.25) is 0 Å². The maximum absolute atomic E-state index is 10.3. The van der Waals surface area contributed by atoms with Crippen molar-refractivity contribution < 1.29 is 5.11 Å². The number of benzene rings is 1. The Kier molecular flexibility index (Phi) is 3.97. The number of aliphatic hydroxyl groups excluding tert-OH is 1. The molecule has 2 nitrogen and oxygen atoms in total. The summed E-state index contributed by atoms with van der Waals surface area (Å²) in [5, 5.41) is 10.3. The van der Waals surface area contributed by atoms with E-state index in [-0.39, 0.29) is 0 Å². The van der Waals surface area contributed by atoms with Gasteiger partial charge in [-0.3, -0.25) is 4.98 Å². The first kappa shape index (κ1) is 12.7. The molecule has 88 valence electrons. The first-order valence-corrected chi connectivity index (χ1v) is 6.72. The molecule has 1 atom stereocenters. The highest BCUT2D eigenvalue weighted by molar-refractivity contribution is 9.11. The second kappa shape index (κ2) is 5.29. The van der Waals surface area contributed by atoms with Gasteiger partial charge in [0, 0.05) is 26.4 Å². The van der Waals surface area contributed by atoms with Crippen LogP contribution in [-0.2, 0) is 0 Å². The zero-order chi connectivity index (χ0) is 12.4. The number of rotatable bonds is 2. The van der Waals surface area contributed by atoms with Gasteiger partial charge in [0.25, 0.3) is 0 Å². The summed E-state index contributed by atoms with van der Waals surface area (Å²) in [5.74, 6) is 0. The zero-order valence-corrected chi connectivity index (χ0v) is 12.4. The molecule has 1 N–H and O–H groups in total. The normalized spacial score (nSPS) is 12.5. The third kappa shape index (κ3) is 2.94. The quantitative estimate of drug-likeness (QED) is 0.882. The minimum Gasteiger partial charge on any atom is -0.384 e. The van der Waals surface area contributed by atoms with E-state index in [0.717, 1.165) is 25.8 Å². The van der Waals surface area contributed by atoms with Gasteiger partial charge in [-0.05, 0) is 30.7 Å². The van der Waals surface area contributed by atoms with E-state index in [1.165, 1.54) is 0 Å². The molecule has 1 unspecified atom stereocenters. The summed E-state index contributed by atoms with van der Waals surface area (Å²) in [4.78, 5) is 4.19. The summed E-state index contributed by atoms with van der Waals surface area (Å²) in [5.41, 5.74) is 2.56. The second-order valence-electron chi connectivity index (χ2n) is 3.80. The van der Waals surface area contributed by atoms with E-state index in [2.05, 4.69) is 36.8 Å². The van der Waals surface area contributed by atoms with E-state index in [4.69, 9.17) is 0 Å². The van der Waals surface area contributed by atoms with Crippen LogP contribution >= 0.6 is 31.9 Å². The largest absolute Gasteiger partial charge is 0.384 e. The molecule has 1 aromatic heterocycles. The van der Waals surface area contributed by atoms with Crippen molar-refractivity contribution in [1.82, 2.24) is 4.98 Å². The van der Waals surface area contributed by atoms with Crippen LogP contribution in [0.5, 0.6) is 0 Å². The Morgan fingerprint density at radius 2 is 1.94 bits per heavy atom. The fourth-order valence-electron chi connectivity index (χ4n) is 1.54. The lowest BCUT2D eigenvalue weighted by atomic mass is 10.0. The van der Waals surface area contributed by atoms with Crippen molar-refractivity contribution in [2.75, 3.05) is 0 Å². The van der Waals surface area contributed by atoms with Crippen molar-refractivity contribution >= 4 is 31.9 Å². The molecule has 0 aliphatic carbocycles. The molecule has 0 amide bonds. The van der Waals surface area contributed by atoms with E-state index in [9.17, 15) is 5.11 Å². The molecule has 0 spiro atoms. The van der Waals surface area contributed by atoms with Gasteiger partial charge in [-0.1, -0.05) is 44.0 Å². The Hall–Kier alpha value is -0.710. The molecule has 0 aliphatic heterocycles. The minimum atomic E-state index is -0.662. The average Bonchev–Trinajstić information content (AvgIpc) is 2.29. The molecule has 4 heteroatoms. The van der Waals surface area contributed by atoms with Gasteiger partial charge in [-0.2, -0.15) is 0 Å². The molecule has 0 saturated heterocycles. The first-order valence-electron chi connectivity index (χ1n) is 5.13. The number of nitrogens with zero attached hydrogens (tertiary/aromatic N) is 1. The first-order chi connectivity index (χ1) is 8.08. The van der Waals surface area contributed by atoms with Gasteiger partial charge < -0.3 is 5.11 Å². The Morgan fingerprint density at radius 1 is 1.18 bits per heavy atom. The van der Waals surface area contributed by atoms with E-state index in [0.29, 0.717) is 0 Å². The van der Waals surface area contributed by atoms with Gasteiger partial charge in [-0.15, -0.1) is 0 Å². The molecule has 0 saturated carbocycles. The van der Waals surface area contributed by atoms with E-state index >= 15 is 0 Å². The number of hydrogen-bond acceptors (Lipinski definition) is 2. The SMILES string of the molecule is Cc1ccc(C(O)c2ccc(Br)cc2Br)cn1. The number of aliphatic hydroxyl groups is 1. The number of hydrogen-bond donors (Lipinski definition) is 1. The van der Waals surface area contributed by atoms with Crippen molar-refractivity contribution in [3.05, 3.63) is 62.3 Å². The van der Waals surface area contributed by atoms with Crippen LogP contribution in [0, 0.1) is 6.92 Å². The number of halogens is 2. The maximum Gasteiger partial charge on any atom is 0.107 e. The lowest BCUT2D eigenvalue weighted by Gasteiger charge is -2.13. The summed E-state index contributed by atoms with van der Waals surface area (Å²) in [6.07, 6.45) is 1.04. The molecule has 1 aromatic carbocycles. The molecule has 17 heavy (non-hydrogen) atoms. The Labute approximate surface area is 117 Å². The van der Waals surface area contributed by atoms with Gasteiger partial charge in [-0.25, -0.2) is 0 Å². The van der Waals surface area contributed by atoms with Crippen LogP contribution < -0.4 is 0 Å². The number of aryl methyl sites for hydroxylation is 1. The Bertz CT molecular complexity index is 525. The predicted octanol–water partition coefficient (Wildman–Crippen LogP) is 4.00. The smallest absolute Gasteiger partial charge is 0.107 e. The van der Waals surface area contributed by atoms with Gasteiger partial charge in [0.1, 0.15) is 6.10 Å². The summed E-state index contributed by atoms with van der Waals surface area (Å²) >= 11 is 6.84. The Balaban J connectivity index is 2.36. The van der Waals surface area contributed by atoms with Crippen LogP contribution in [0.4, 0.5) is 0 Å². The van der Waals surface area contributed by atoms with Crippen molar-refractivity contribution in [3.63, 3.8) is 0 Å². The van der Waals surface area contributed by atoms with E-state index < -0.39 is 6.10 Å². The fraction of sp³-hybridized carbons (Fsp3) is 0.154. The maximum atomic E-state index is 10.3. The summed E-state index contributed by atoms with van der Waals surface area (Å²) in [6.45, 7) is 1.92. The minimum absolute atomic E-state index is 0.662. The van der Waals surface area contributed by atoms with Gasteiger partial charge in [0.05, 0.1) is 0 Å². The molecular weight excluding hydrogens is 346 g/mol. The standard InChI is InChI=1S/C13H11Br2NO/c1-8-2-3-9(7-16-8)13(17)11-5-4-10(14)6-12(11)15/h2-7,13,17H,1H3. The molecule has 0 bridgehead atoms. The third-order valence-corrected chi connectivity index (χ3v) is 3.69.